The van der Waals surface area contributed by atoms with Gasteiger partial charge in [-0.25, -0.2) is 5.43 Å². The fourth-order valence-electron chi connectivity index (χ4n) is 2.45. The van der Waals surface area contributed by atoms with E-state index < -0.39 is 6.10 Å². The molecule has 0 spiro atoms. The summed E-state index contributed by atoms with van der Waals surface area (Å²) in [5, 5.41) is 5.13. The number of nitrogens with one attached hydrogen (secondary N) is 1. The molecule has 0 fully saturated rings. The summed E-state index contributed by atoms with van der Waals surface area (Å²) in [6, 6.07) is 4.85. The van der Waals surface area contributed by atoms with Gasteiger partial charge in [0.05, 0.1) is 10.7 Å². The third-order valence-corrected chi connectivity index (χ3v) is 4.70. The molecule has 1 amide bonds. The van der Waals surface area contributed by atoms with Gasteiger partial charge < -0.3 is 4.74 Å². The van der Waals surface area contributed by atoms with E-state index in [1.165, 1.54) is 0 Å². The molecule has 0 saturated carbocycles. The summed E-state index contributed by atoms with van der Waals surface area (Å²) in [7, 11) is 0. The third kappa shape index (κ3) is 5.35. The monoisotopic (exact) mass is 380 g/mol. The molecule has 1 aromatic carbocycles. The van der Waals surface area contributed by atoms with Gasteiger partial charge in [0, 0.05) is 5.02 Å². The topological polar surface area (TPSA) is 50.7 Å². The fraction of sp³-hybridized carbons (Fsp3) is 0.368. The number of halogens is 2. The number of hydrogen-bond donors (Lipinski definition) is 1. The molecule has 0 bridgehead atoms. The van der Waals surface area contributed by atoms with Crippen molar-refractivity contribution < 1.29 is 9.53 Å². The summed E-state index contributed by atoms with van der Waals surface area (Å²) in [6.07, 6.45) is 3.12. The molecule has 25 heavy (non-hydrogen) atoms. The highest BCUT2D eigenvalue weighted by Crippen LogP contribution is 2.28. The standard InChI is InChI=1S/C19H22Cl2N2O2/c1-11(2)14-6-5-12(3)17(9-14)22-23-19(24)13(4)25-18-8-7-15(20)10-16(18)21/h5,7-8,10,13-14H,1,6,9H2,2-4H3,(H,23,24)/b22-17+/t13-,14-/m0/s1. The third-order valence-electron chi connectivity index (χ3n) is 4.17. The molecular formula is C19H22Cl2N2O2. The molecule has 1 aromatic rings. The summed E-state index contributed by atoms with van der Waals surface area (Å²) < 4.78 is 5.59. The molecule has 1 aliphatic rings. The van der Waals surface area contributed by atoms with Gasteiger partial charge in [-0.15, -0.1) is 0 Å². The molecule has 1 N–H and O–H groups in total. The second-order valence-corrected chi connectivity index (χ2v) is 7.08. The number of carbonyl (C=O) groups excluding carboxylic acids is 1. The van der Waals surface area contributed by atoms with Crippen molar-refractivity contribution in [1.29, 1.82) is 0 Å². The Morgan fingerprint density at radius 2 is 2.16 bits per heavy atom. The van der Waals surface area contributed by atoms with Crippen molar-refractivity contribution in [3.63, 3.8) is 0 Å². The Morgan fingerprint density at radius 3 is 2.80 bits per heavy atom. The van der Waals surface area contributed by atoms with Crippen LogP contribution in [0.5, 0.6) is 5.75 Å². The zero-order valence-corrected chi connectivity index (χ0v) is 16.1. The number of benzene rings is 1. The summed E-state index contributed by atoms with van der Waals surface area (Å²) in [5.41, 5.74) is 5.64. The minimum absolute atomic E-state index is 0.344. The lowest BCUT2D eigenvalue weighted by atomic mass is 9.85. The van der Waals surface area contributed by atoms with E-state index in [0.717, 1.165) is 29.7 Å². The normalized spacial score (nSPS) is 20.0. The van der Waals surface area contributed by atoms with E-state index in [0.29, 0.717) is 21.7 Å². The van der Waals surface area contributed by atoms with Gasteiger partial charge >= 0.3 is 0 Å². The van der Waals surface area contributed by atoms with Gasteiger partial charge in [-0.3, -0.25) is 4.79 Å². The van der Waals surface area contributed by atoms with Crippen molar-refractivity contribution in [2.45, 2.75) is 39.7 Å². The minimum atomic E-state index is -0.743. The van der Waals surface area contributed by atoms with Crippen molar-refractivity contribution in [2.24, 2.45) is 11.0 Å². The smallest absolute Gasteiger partial charge is 0.280 e. The van der Waals surface area contributed by atoms with Crippen LogP contribution >= 0.6 is 23.2 Å². The Bertz CT molecular complexity index is 741. The van der Waals surface area contributed by atoms with Crippen LogP contribution in [0.3, 0.4) is 0 Å². The molecular weight excluding hydrogens is 359 g/mol. The maximum absolute atomic E-state index is 12.2. The number of nitrogens with zero attached hydrogens (tertiary/aromatic N) is 1. The SMILES string of the molecule is C=C(C)[C@H]1CC=C(C)/C(=N/NC(=O)[C@H](C)Oc2ccc(Cl)cc2Cl)C1. The number of amides is 1. The molecule has 0 aromatic heterocycles. The van der Waals surface area contributed by atoms with E-state index in [9.17, 15) is 4.79 Å². The molecule has 0 radical (unpaired) electrons. The number of carbonyl (C=O) groups is 1. The molecule has 2 rings (SSSR count). The van der Waals surface area contributed by atoms with Gasteiger partial charge in [0.2, 0.25) is 0 Å². The van der Waals surface area contributed by atoms with Gasteiger partial charge in [0.1, 0.15) is 5.75 Å². The Kier molecular flexibility index (Phi) is 6.68. The number of allylic oxidation sites excluding steroid dienone is 3. The minimum Gasteiger partial charge on any atom is -0.479 e. The Labute approximate surface area is 158 Å². The van der Waals surface area contributed by atoms with Crippen LogP contribution in [-0.4, -0.2) is 17.7 Å². The van der Waals surface area contributed by atoms with Crippen LogP contribution < -0.4 is 10.2 Å². The van der Waals surface area contributed by atoms with E-state index in [1.807, 2.05) is 13.8 Å². The summed E-state index contributed by atoms with van der Waals surface area (Å²) in [5.74, 6) is 0.419. The number of hydrogen-bond acceptors (Lipinski definition) is 3. The second kappa shape index (κ2) is 8.54. The lowest BCUT2D eigenvalue weighted by Gasteiger charge is -2.22. The van der Waals surface area contributed by atoms with Crippen LogP contribution in [0, 0.1) is 5.92 Å². The van der Waals surface area contributed by atoms with Gasteiger partial charge in [0.15, 0.2) is 6.10 Å². The number of hydrazone groups is 1. The largest absolute Gasteiger partial charge is 0.479 e. The quantitative estimate of drug-likeness (QED) is 0.565. The van der Waals surface area contributed by atoms with E-state index in [1.54, 1.807) is 25.1 Å². The molecule has 0 heterocycles. The summed E-state index contributed by atoms with van der Waals surface area (Å²) in [4.78, 5) is 12.2. The van der Waals surface area contributed by atoms with Crippen molar-refractivity contribution in [3.8, 4) is 5.75 Å². The first-order chi connectivity index (χ1) is 11.8. The molecule has 4 nitrogen and oxygen atoms in total. The zero-order valence-electron chi connectivity index (χ0n) is 14.6. The predicted molar refractivity (Wildman–Crippen MR) is 103 cm³/mol. The Balaban J connectivity index is 1.99. The van der Waals surface area contributed by atoms with Crippen LogP contribution in [-0.2, 0) is 4.79 Å². The first kappa shape index (κ1) is 19.5. The van der Waals surface area contributed by atoms with Crippen molar-refractivity contribution in [1.82, 2.24) is 5.43 Å². The molecule has 134 valence electrons. The second-order valence-electron chi connectivity index (χ2n) is 6.24. The Hall–Kier alpha value is -1.78. The van der Waals surface area contributed by atoms with Gasteiger partial charge in [0.25, 0.3) is 5.91 Å². The maximum atomic E-state index is 12.2. The summed E-state index contributed by atoms with van der Waals surface area (Å²) >= 11 is 11.9. The van der Waals surface area contributed by atoms with Crippen molar-refractivity contribution in [2.75, 3.05) is 0 Å². The van der Waals surface area contributed by atoms with Crippen molar-refractivity contribution >= 4 is 34.8 Å². The number of rotatable bonds is 5. The fourth-order valence-corrected chi connectivity index (χ4v) is 2.91. The number of ether oxygens (including phenoxy) is 1. The maximum Gasteiger partial charge on any atom is 0.280 e. The Morgan fingerprint density at radius 1 is 1.44 bits per heavy atom. The molecule has 2 atom stereocenters. The van der Waals surface area contributed by atoms with E-state index in [2.05, 4.69) is 23.2 Å². The first-order valence-corrected chi connectivity index (χ1v) is 8.84. The highest BCUT2D eigenvalue weighted by molar-refractivity contribution is 6.35. The first-order valence-electron chi connectivity index (χ1n) is 8.08. The molecule has 6 heteroatoms. The average molecular weight is 381 g/mol. The van der Waals surface area contributed by atoms with E-state index in [4.69, 9.17) is 27.9 Å². The van der Waals surface area contributed by atoms with E-state index >= 15 is 0 Å². The lowest BCUT2D eigenvalue weighted by molar-refractivity contribution is -0.127. The van der Waals surface area contributed by atoms with Gasteiger partial charge in [-0.1, -0.05) is 41.4 Å². The predicted octanol–water partition coefficient (Wildman–Crippen LogP) is 5.17. The van der Waals surface area contributed by atoms with Crippen LogP contribution in [0.25, 0.3) is 0 Å². The molecule has 0 aliphatic heterocycles. The molecule has 1 aliphatic carbocycles. The van der Waals surface area contributed by atoms with Crippen LogP contribution in [0.2, 0.25) is 10.0 Å². The molecule has 0 saturated heterocycles. The highest BCUT2D eigenvalue weighted by atomic mass is 35.5. The lowest BCUT2D eigenvalue weighted by Crippen LogP contribution is -2.34. The van der Waals surface area contributed by atoms with Gasteiger partial charge in [-0.2, -0.15) is 5.10 Å². The van der Waals surface area contributed by atoms with E-state index in [-0.39, 0.29) is 5.91 Å². The van der Waals surface area contributed by atoms with Crippen molar-refractivity contribution in [3.05, 3.63) is 52.0 Å². The zero-order chi connectivity index (χ0) is 18.6. The average Bonchev–Trinajstić information content (AvgIpc) is 2.56. The van der Waals surface area contributed by atoms with Gasteiger partial charge in [-0.05, 0) is 63.3 Å². The van der Waals surface area contributed by atoms with Crippen LogP contribution in [0.4, 0.5) is 0 Å². The summed E-state index contributed by atoms with van der Waals surface area (Å²) in [6.45, 7) is 9.66. The van der Waals surface area contributed by atoms with Crippen LogP contribution in [0.1, 0.15) is 33.6 Å². The highest BCUT2D eigenvalue weighted by Gasteiger charge is 2.20. The molecule has 0 unspecified atom stereocenters. The van der Waals surface area contributed by atoms with Crippen LogP contribution in [0.15, 0.2) is 47.1 Å².